The van der Waals surface area contributed by atoms with Gasteiger partial charge in [0.1, 0.15) is 5.75 Å². The van der Waals surface area contributed by atoms with E-state index in [1.54, 1.807) is 6.07 Å². The summed E-state index contributed by atoms with van der Waals surface area (Å²) in [5.41, 5.74) is 0.771. The highest BCUT2D eigenvalue weighted by molar-refractivity contribution is 6.31. The van der Waals surface area contributed by atoms with Crippen LogP contribution in [0.3, 0.4) is 0 Å². The molecule has 0 spiro atoms. The van der Waals surface area contributed by atoms with E-state index < -0.39 is 5.97 Å². The van der Waals surface area contributed by atoms with Crippen LogP contribution in [0.15, 0.2) is 22.7 Å². The van der Waals surface area contributed by atoms with Gasteiger partial charge in [-0.1, -0.05) is 30.6 Å². The van der Waals surface area contributed by atoms with Gasteiger partial charge in [-0.3, -0.25) is 0 Å². The molecule has 0 aliphatic carbocycles. The highest BCUT2D eigenvalue weighted by Crippen LogP contribution is 2.38. The van der Waals surface area contributed by atoms with E-state index in [1.807, 2.05) is 13.8 Å². The van der Waals surface area contributed by atoms with Crippen molar-refractivity contribution in [3.63, 3.8) is 0 Å². The van der Waals surface area contributed by atoms with E-state index in [0.717, 1.165) is 0 Å². The van der Waals surface area contributed by atoms with Crippen molar-refractivity contribution in [1.29, 1.82) is 0 Å². The first-order chi connectivity index (χ1) is 8.90. The first-order valence-electron chi connectivity index (χ1n) is 5.63. The molecule has 1 heterocycles. The summed E-state index contributed by atoms with van der Waals surface area (Å²) < 4.78 is 4.93. The minimum atomic E-state index is -1.19. The maximum Gasteiger partial charge on any atom is 0.358 e. The van der Waals surface area contributed by atoms with Gasteiger partial charge >= 0.3 is 5.97 Å². The third kappa shape index (κ3) is 2.56. The molecular weight excluding hydrogens is 270 g/mol. The summed E-state index contributed by atoms with van der Waals surface area (Å²) in [6, 6.07) is 4.42. The van der Waals surface area contributed by atoms with Gasteiger partial charge in [0.15, 0.2) is 11.5 Å². The molecule has 2 N–H and O–H groups in total. The van der Waals surface area contributed by atoms with Gasteiger partial charge in [0, 0.05) is 11.1 Å². The molecule has 0 atom stereocenters. The van der Waals surface area contributed by atoms with Gasteiger partial charge in [0.25, 0.3) is 0 Å². The third-order valence-electron chi connectivity index (χ3n) is 2.72. The van der Waals surface area contributed by atoms with Crippen LogP contribution in [-0.2, 0) is 0 Å². The van der Waals surface area contributed by atoms with Gasteiger partial charge in [-0.2, -0.15) is 0 Å². The molecule has 0 fully saturated rings. The van der Waals surface area contributed by atoms with Crippen LogP contribution >= 0.6 is 11.6 Å². The fourth-order valence-electron chi connectivity index (χ4n) is 1.75. The average molecular weight is 282 g/mol. The number of nitrogens with zero attached hydrogens (tertiary/aromatic N) is 1. The molecule has 100 valence electrons. The van der Waals surface area contributed by atoms with Gasteiger partial charge in [-0.25, -0.2) is 4.79 Å². The van der Waals surface area contributed by atoms with E-state index in [-0.39, 0.29) is 23.1 Å². The maximum atomic E-state index is 10.8. The molecule has 0 saturated carbocycles. The van der Waals surface area contributed by atoms with E-state index in [4.69, 9.17) is 21.2 Å². The van der Waals surface area contributed by atoms with Crippen LogP contribution in [0.25, 0.3) is 11.3 Å². The predicted molar refractivity (Wildman–Crippen MR) is 69.7 cm³/mol. The Balaban J connectivity index is 2.58. The second-order valence-electron chi connectivity index (χ2n) is 4.43. The lowest BCUT2D eigenvalue weighted by Gasteiger charge is -2.11. The number of hydrogen-bond acceptors (Lipinski definition) is 4. The monoisotopic (exact) mass is 281 g/mol. The zero-order valence-corrected chi connectivity index (χ0v) is 11.1. The second kappa shape index (κ2) is 4.93. The molecule has 0 radical (unpaired) electrons. The minimum absolute atomic E-state index is 0.0208. The zero-order valence-electron chi connectivity index (χ0n) is 10.3. The molecule has 0 unspecified atom stereocenters. The Morgan fingerprint density at radius 1 is 1.37 bits per heavy atom. The van der Waals surface area contributed by atoms with E-state index >= 15 is 0 Å². The van der Waals surface area contributed by atoms with E-state index in [0.29, 0.717) is 16.1 Å². The van der Waals surface area contributed by atoms with Crippen molar-refractivity contribution in [1.82, 2.24) is 5.16 Å². The number of aromatic hydroxyl groups is 1. The molecule has 0 aliphatic rings. The molecule has 0 amide bonds. The van der Waals surface area contributed by atoms with Crippen LogP contribution in [0.4, 0.5) is 0 Å². The van der Waals surface area contributed by atoms with Gasteiger partial charge in [0.2, 0.25) is 0 Å². The largest absolute Gasteiger partial charge is 0.507 e. The van der Waals surface area contributed by atoms with E-state index in [1.165, 1.54) is 12.1 Å². The number of carboxylic acids is 1. The number of carboxylic acid groups (broad SMARTS) is 1. The Hall–Kier alpha value is -2.01. The molecular formula is C13H12ClNO4. The molecule has 2 aromatic rings. The summed E-state index contributed by atoms with van der Waals surface area (Å²) in [7, 11) is 0. The Morgan fingerprint density at radius 3 is 2.58 bits per heavy atom. The second-order valence-corrected chi connectivity index (χ2v) is 4.86. The van der Waals surface area contributed by atoms with E-state index in [2.05, 4.69) is 5.16 Å². The number of aromatic carboxylic acids is 1. The van der Waals surface area contributed by atoms with Gasteiger partial charge in [-0.15, -0.1) is 0 Å². The van der Waals surface area contributed by atoms with Crippen molar-refractivity contribution in [3.05, 3.63) is 34.5 Å². The molecule has 1 aromatic carbocycles. The van der Waals surface area contributed by atoms with Crippen LogP contribution in [0.1, 0.15) is 35.8 Å². The summed E-state index contributed by atoms with van der Waals surface area (Å²) in [6.07, 6.45) is 0. The molecule has 6 heteroatoms. The summed E-state index contributed by atoms with van der Waals surface area (Å²) in [5.74, 6) is -0.938. The van der Waals surface area contributed by atoms with Crippen LogP contribution < -0.4 is 0 Å². The lowest BCUT2D eigenvalue weighted by molar-refractivity contribution is 0.0686. The van der Waals surface area contributed by atoms with Crippen LogP contribution in [0.2, 0.25) is 5.02 Å². The fourth-order valence-corrected chi connectivity index (χ4v) is 1.98. The Bertz CT molecular complexity index is 634. The molecule has 0 saturated heterocycles. The SMILES string of the molecule is CC(C)c1cc(Cl)cc(-c2cc(C(=O)O)no2)c1O. The summed E-state index contributed by atoms with van der Waals surface area (Å²) in [4.78, 5) is 10.8. The lowest BCUT2D eigenvalue weighted by Crippen LogP contribution is -1.94. The lowest BCUT2D eigenvalue weighted by atomic mass is 9.98. The molecule has 0 bridgehead atoms. The topological polar surface area (TPSA) is 83.6 Å². The Labute approximate surface area is 114 Å². The third-order valence-corrected chi connectivity index (χ3v) is 2.94. The number of phenolic OH excluding ortho intramolecular Hbond substituents is 1. The Kier molecular flexibility index (Phi) is 3.48. The first-order valence-corrected chi connectivity index (χ1v) is 6.00. The van der Waals surface area contributed by atoms with Crippen molar-refractivity contribution in [2.75, 3.05) is 0 Å². The van der Waals surface area contributed by atoms with Crippen molar-refractivity contribution in [2.24, 2.45) is 0 Å². The van der Waals surface area contributed by atoms with Crippen LogP contribution in [-0.4, -0.2) is 21.3 Å². The normalized spacial score (nSPS) is 10.9. The number of halogens is 1. The van der Waals surface area contributed by atoms with Crippen molar-refractivity contribution in [3.8, 4) is 17.1 Å². The van der Waals surface area contributed by atoms with Crippen molar-refractivity contribution < 1.29 is 19.5 Å². The predicted octanol–water partition coefficient (Wildman–Crippen LogP) is 3.52. The fraction of sp³-hybridized carbons (Fsp3) is 0.231. The van der Waals surface area contributed by atoms with Gasteiger partial charge < -0.3 is 14.7 Å². The number of aromatic nitrogens is 1. The average Bonchev–Trinajstić information content (AvgIpc) is 2.80. The van der Waals surface area contributed by atoms with Gasteiger partial charge in [0.05, 0.1) is 5.56 Å². The molecule has 5 nitrogen and oxygen atoms in total. The highest BCUT2D eigenvalue weighted by Gasteiger charge is 2.19. The highest BCUT2D eigenvalue weighted by atomic mass is 35.5. The standard InChI is InChI=1S/C13H12ClNO4/c1-6(2)8-3-7(14)4-9(12(8)16)11-5-10(13(17)18)15-19-11/h3-6,16H,1-2H3,(H,17,18). The first kappa shape index (κ1) is 13.4. The minimum Gasteiger partial charge on any atom is -0.507 e. The molecule has 0 aliphatic heterocycles. The van der Waals surface area contributed by atoms with Crippen molar-refractivity contribution in [2.45, 2.75) is 19.8 Å². The summed E-state index contributed by atoms with van der Waals surface area (Å²) >= 11 is 6.00. The molecule has 1 aromatic heterocycles. The van der Waals surface area contributed by atoms with E-state index in [9.17, 15) is 9.90 Å². The van der Waals surface area contributed by atoms with Crippen molar-refractivity contribution >= 4 is 17.6 Å². The number of benzene rings is 1. The summed E-state index contributed by atoms with van der Waals surface area (Å²) in [6.45, 7) is 3.83. The quantitative estimate of drug-likeness (QED) is 0.899. The summed E-state index contributed by atoms with van der Waals surface area (Å²) in [5, 5.41) is 22.8. The Morgan fingerprint density at radius 2 is 2.05 bits per heavy atom. The molecule has 19 heavy (non-hydrogen) atoms. The van der Waals surface area contributed by atoms with Crippen LogP contribution in [0, 0.1) is 0 Å². The number of hydrogen-bond donors (Lipinski definition) is 2. The van der Waals surface area contributed by atoms with Crippen LogP contribution in [0.5, 0.6) is 5.75 Å². The zero-order chi connectivity index (χ0) is 14.2. The maximum absolute atomic E-state index is 10.8. The number of rotatable bonds is 3. The number of carbonyl (C=O) groups is 1. The van der Waals surface area contributed by atoms with Gasteiger partial charge in [-0.05, 0) is 23.6 Å². The number of phenols is 1. The molecule has 2 rings (SSSR count). The smallest absolute Gasteiger partial charge is 0.358 e.